The van der Waals surface area contributed by atoms with Crippen LogP contribution in [0.2, 0.25) is 0 Å². The Hall–Kier alpha value is -0.640. The number of nitrogens with zero attached hydrogens (tertiary/aromatic N) is 1. The normalized spacial score (nSPS) is 23.5. The summed E-state index contributed by atoms with van der Waals surface area (Å²) in [4.78, 5) is 19.5. The molecule has 1 aliphatic carbocycles. The third-order valence-electron chi connectivity index (χ3n) is 4.21. The first-order valence-electron chi connectivity index (χ1n) is 7.44. The smallest absolute Gasteiger partial charge is 0.265 e. The van der Waals surface area contributed by atoms with Gasteiger partial charge in [-0.15, -0.1) is 0 Å². The largest absolute Gasteiger partial charge is 0.309 e. The van der Waals surface area contributed by atoms with E-state index in [4.69, 9.17) is 0 Å². The lowest BCUT2D eigenvalue weighted by molar-refractivity contribution is 0.301. The van der Waals surface area contributed by atoms with Gasteiger partial charge in [0, 0.05) is 5.92 Å². The van der Waals surface area contributed by atoms with Crippen molar-refractivity contribution in [1.82, 2.24) is 9.97 Å². The fraction of sp³-hybridized carbons (Fsp3) is 0.733. The Morgan fingerprint density at radius 2 is 1.95 bits per heavy atom. The molecule has 106 valence electrons. The van der Waals surface area contributed by atoms with Crippen molar-refractivity contribution in [3.05, 3.63) is 26.3 Å². The van der Waals surface area contributed by atoms with Crippen LogP contribution in [0.1, 0.15) is 69.8 Å². The summed E-state index contributed by atoms with van der Waals surface area (Å²) in [5, 5.41) is 0. The monoisotopic (exact) mass is 326 g/mol. The quantitative estimate of drug-likeness (QED) is 0.902. The van der Waals surface area contributed by atoms with E-state index in [2.05, 4.69) is 32.8 Å². The van der Waals surface area contributed by atoms with Crippen LogP contribution in [0, 0.1) is 5.92 Å². The van der Waals surface area contributed by atoms with Crippen molar-refractivity contribution in [2.45, 2.75) is 64.7 Å². The summed E-state index contributed by atoms with van der Waals surface area (Å²) < 4.78 is 0.596. The van der Waals surface area contributed by atoms with Gasteiger partial charge in [0.1, 0.15) is 10.3 Å². The maximum absolute atomic E-state index is 11.9. The van der Waals surface area contributed by atoms with Crippen LogP contribution < -0.4 is 5.56 Å². The van der Waals surface area contributed by atoms with Crippen LogP contribution in [0.15, 0.2) is 9.27 Å². The van der Waals surface area contributed by atoms with Crippen LogP contribution in [-0.2, 0) is 6.42 Å². The fourth-order valence-electron chi connectivity index (χ4n) is 3.09. The minimum atomic E-state index is -0.0301. The van der Waals surface area contributed by atoms with Gasteiger partial charge in [-0.2, -0.15) is 0 Å². The van der Waals surface area contributed by atoms with E-state index in [1.807, 2.05) is 6.92 Å². The zero-order valence-electron chi connectivity index (χ0n) is 11.8. The highest BCUT2D eigenvalue weighted by Gasteiger charge is 2.24. The lowest BCUT2D eigenvalue weighted by Crippen LogP contribution is -2.21. The zero-order chi connectivity index (χ0) is 13.8. The molecule has 0 aliphatic heterocycles. The second-order valence-electron chi connectivity index (χ2n) is 5.57. The highest BCUT2D eigenvalue weighted by Crippen LogP contribution is 2.36. The first-order chi connectivity index (χ1) is 9.15. The number of halogens is 1. The summed E-state index contributed by atoms with van der Waals surface area (Å²) in [7, 11) is 0. The van der Waals surface area contributed by atoms with E-state index >= 15 is 0 Å². The Morgan fingerprint density at radius 1 is 1.26 bits per heavy atom. The molecule has 0 radical (unpaired) electrons. The van der Waals surface area contributed by atoms with Gasteiger partial charge in [0.05, 0.1) is 5.69 Å². The van der Waals surface area contributed by atoms with Crippen LogP contribution in [-0.4, -0.2) is 9.97 Å². The molecule has 1 saturated carbocycles. The zero-order valence-corrected chi connectivity index (χ0v) is 13.4. The average molecular weight is 327 g/mol. The number of H-pyrrole nitrogens is 1. The molecule has 0 aromatic carbocycles. The van der Waals surface area contributed by atoms with Gasteiger partial charge in [0.2, 0.25) is 0 Å². The summed E-state index contributed by atoms with van der Waals surface area (Å²) in [5.74, 6) is 2.23. The number of aromatic nitrogens is 2. The Balaban J connectivity index is 2.11. The molecule has 0 unspecified atom stereocenters. The van der Waals surface area contributed by atoms with Crippen molar-refractivity contribution < 1.29 is 0 Å². The minimum Gasteiger partial charge on any atom is -0.309 e. The Kier molecular flexibility index (Phi) is 5.20. The third kappa shape index (κ3) is 3.47. The van der Waals surface area contributed by atoms with Crippen molar-refractivity contribution in [3.63, 3.8) is 0 Å². The molecule has 0 spiro atoms. The van der Waals surface area contributed by atoms with Crippen molar-refractivity contribution in [2.24, 2.45) is 5.92 Å². The Morgan fingerprint density at radius 3 is 2.53 bits per heavy atom. The maximum Gasteiger partial charge on any atom is 0.265 e. The van der Waals surface area contributed by atoms with Gasteiger partial charge in [-0.05, 0) is 54.0 Å². The molecule has 0 saturated heterocycles. The van der Waals surface area contributed by atoms with Crippen molar-refractivity contribution >= 4 is 15.9 Å². The fourth-order valence-corrected chi connectivity index (χ4v) is 3.55. The molecule has 1 aromatic rings. The summed E-state index contributed by atoms with van der Waals surface area (Å²) in [6.07, 6.45) is 8.30. The van der Waals surface area contributed by atoms with E-state index in [0.717, 1.165) is 23.9 Å². The van der Waals surface area contributed by atoms with Gasteiger partial charge in [0.15, 0.2) is 0 Å². The number of nitrogens with one attached hydrogen (secondary N) is 1. The standard InChI is InChI=1S/C15H23BrN2O/c1-3-5-10-6-8-11(9-7-10)14-17-12(4-2)13(16)15(19)18-14/h10-11H,3-9H2,1-2H3,(H,17,18,19). The number of rotatable bonds is 4. The second-order valence-corrected chi connectivity index (χ2v) is 6.36. The van der Waals surface area contributed by atoms with Crippen LogP contribution in [0.25, 0.3) is 0 Å². The third-order valence-corrected chi connectivity index (χ3v) is 5.03. The van der Waals surface area contributed by atoms with Gasteiger partial charge in [-0.1, -0.05) is 26.7 Å². The van der Waals surface area contributed by atoms with Crippen LogP contribution >= 0.6 is 15.9 Å². The molecule has 1 heterocycles. The summed E-state index contributed by atoms with van der Waals surface area (Å²) >= 11 is 3.32. The second kappa shape index (κ2) is 6.69. The van der Waals surface area contributed by atoms with Gasteiger partial charge in [0.25, 0.3) is 5.56 Å². The van der Waals surface area contributed by atoms with Crippen LogP contribution in [0.4, 0.5) is 0 Å². The first kappa shape index (κ1) is 14.8. The molecular weight excluding hydrogens is 304 g/mol. The van der Waals surface area contributed by atoms with E-state index in [9.17, 15) is 4.79 Å². The summed E-state index contributed by atoms with van der Waals surface area (Å²) in [5.41, 5.74) is 0.854. The number of hydrogen-bond donors (Lipinski definition) is 1. The van der Waals surface area contributed by atoms with Gasteiger partial charge < -0.3 is 4.98 Å². The van der Waals surface area contributed by atoms with Crippen molar-refractivity contribution in [3.8, 4) is 0 Å². The molecule has 0 bridgehead atoms. The van der Waals surface area contributed by atoms with Crippen molar-refractivity contribution in [2.75, 3.05) is 0 Å². The van der Waals surface area contributed by atoms with Crippen LogP contribution in [0.3, 0.4) is 0 Å². The van der Waals surface area contributed by atoms with E-state index in [0.29, 0.717) is 10.4 Å². The highest BCUT2D eigenvalue weighted by molar-refractivity contribution is 9.10. The van der Waals surface area contributed by atoms with Crippen molar-refractivity contribution in [1.29, 1.82) is 0 Å². The minimum absolute atomic E-state index is 0.0301. The number of aryl methyl sites for hydroxylation is 1. The lowest BCUT2D eigenvalue weighted by atomic mass is 9.80. The van der Waals surface area contributed by atoms with E-state index in [-0.39, 0.29) is 5.56 Å². The molecule has 3 nitrogen and oxygen atoms in total. The summed E-state index contributed by atoms with van der Waals surface area (Å²) in [6, 6.07) is 0. The van der Waals surface area contributed by atoms with E-state index in [1.165, 1.54) is 38.5 Å². The molecule has 1 aliphatic rings. The predicted molar refractivity (Wildman–Crippen MR) is 81.5 cm³/mol. The molecule has 19 heavy (non-hydrogen) atoms. The van der Waals surface area contributed by atoms with E-state index in [1.54, 1.807) is 0 Å². The number of aromatic amines is 1. The Bertz CT molecular complexity index is 476. The van der Waals surface area contributed by atoms with Gasteiger partial charge in [-0.3, -0.25) is 4.79 Å². The van der Waals surface area contributed by atoms with Gasteiger partial charge >= 0.3 is 0 Å². The highest BCUT2D eigenvalue weighted by atomic mass is 79.9. The van der Waals surface area contributed by atoms with Gasteiger partial charge in [-0.25, -0.2) is 4.98 Å². The van der Waals surface area contributed by atoms with E-state index < -0.39 is 0 Å². The van der Waals surface area contributed by atoms with Crippen LogP contribution in [0.5, 0.6) is 0 Å². The predicted octanol–water partition coefficient (Wildman–Crippen LogP) is 4.17. The SMILES string of the molecule is CCCC1CCC(c2nc(CC)c(Br)c(=O)[nH]2)CC1. The molecular formula is C15H23BrN2O. The molecule has 0 atom stereocenters. The first-order valence-corrected chi connectivity index (χ1v) is 8.23. The molecule has 4 heteroatoms. The molecule has 2 rings (SSSR count). The topological polar surface area (TPSA) is 45.8 Å². The maximum atomic E-state index is 11.9. The molecule has 1 fully saturated rings. The molecule has 1 aromatic heterocycles. The average Bonchev–Trinajstić information content (AvgIpc) is 2.43. The molecule has 0 amide bonds. The lowest BCUT2D eigenvalue weighted by Gasteiger charge is -2.27. The molecule has 1 N–H and O–H groups in total. The Labute approximate surface area is 123 Å². The summed E-state index contributed by atoms with van der Waals surface area (Å²) in [6.45, 7) is 4.29. The number of hydrogen-bond acceptors (Lipinski definition) is 2.